The molecule has 10 heavy (non-hydrogen) atoms. The van der Waals surface area contributed by atoms with Gasteiger partial charge in [0.2, 0.25) is 0 Å². The molecule has 0 aromatic carbocycles. The summed E-state index contributed by atoms with van der Waals surface area (Å²) >= 11 is 0. The van der Waals surface area contributed by atoms with E-state index in [0.717, 1.165) is 6.42 Å². The molecule has 0 spiro atoms. The normalized spacial score (nSPS) is 17.8. The smallest absolute Gasteiger partial charge is 0.411 e. The first kappa shape index (κ1) is 6.92. The van der Waals surface area contributed by atoms with Crippen LogP contribution in [0.5, 0.6) is 0 Å². The lowest BCUT2D eigenvalue weighted by atomic mass is 10.4. The van der Waals surface area contributed by atoms with Gasteiger partial charge in [-0.05, 0) is 6.42 Å². The Kier molecular flexibility index (Phi) is 2.15. The molecule has 0 fully saturated rings. The SMILES string of the molecule is O=C(O)N1C=COCCC1. The molecule has 1 aliphatic heterocycles. The molecule has 56 valence electrons. The van der Waals surface area contributed by atoms with E-state index in [9.17, 15) is 4.79 Å². The number of hydrogen-bond donors (Lipinski definition) is 1. The number of carbonyl (C=O) groups is 1. The number of rotatable bonds is 0. The largest absolute Gasteiger partial charge is 0.500 e. The zero-order valence-corrected chi connectivity index (χ0v) is 5.49. The number of hydrogen-bond acceptors (Lipinski definition) is 2. The van der Waals surface area contributed by atoms with Crippen molar-refractivity contribution < 1.29 is 14.6 Å². The average molecular weight is 143 g/mol. The van der Waals surface area contributed by atoms with E-state index in [1.54, 1.807) is 0 Å². The molecule has 0 bridgehead atoms. The monoisotopic (exact) mass is 143 g/mol. The summed E-state index contributed by atoms with van der Waals surface area (Å²) in [6.07, 6.45) is 2.65. The van der Waals surface area contributed by atoms with E-state index in [-0.39, 0.29) is 0 Å². The van der Waals surface area contributed by atoms with Crippen LogP contribution in [-0.4, -0.2) is 29.3 Å². The molecule has 0 atom stereocenters. The van der Waals surface area contributed by atoms with Gasteiger partial charge in [0.1, 0.15) is 0 Å². The summed E-state index contributed by atoms with van der Waals surface area (Å²) in [7, 11) is 0. The molecule has 1 heterocycles. The molecular formula is C6H9NO3. The van der Waals surface area contributed by atoms with E-state index in [0.29, 0.717) is 13.2 Å². The molecule has 4 nitrogen and oxygen atoms in total. The van der Waals surface area contributed by atoms with E-state index in [1.807, 2.05) is 0 Å². The Hall–Kier alpha value is -1.19. The van der Waals surface area contributed by atoms with E-state index in [4.69, 9.17) is 9.84 Å². The standard InChI is InChI=1S/C6H9NO3/c8-6(9)7-2-1-4-10-5-3-7/h3,5H,1-2,4H2,(H,8,9). The molecule has 1 amide bonds. The van der Waals surface area contributed by atoms with Gasteiger partial charge >= 0.3 is 6.09 Å². The van der Waals surface area contributed by atoms with Gasteiger partial charge in [-0.3, -0.25) is 4.90 Å². The fraction of sp³-hybridized carbons (Fsp3) is 0.500. The first-order valence-corrected chi connectivity index (χ1v) is 3.08. The van der Waals surface area contributed by atoms with Crippen molar-refractivity contribution in [1.82, 2.24) is 4.90 Å². The van der Waals surface area contributed by atoms with Crippen LogP contribution in [0.3, 0.4) is 0 Å². The van der Waals surface area contributed by atoms with Gasteiger partial charge in [-0.1, -0.05) is 0 Å². The Morgan fingerprint density at radius 2 is 2.50 bits per heavy atom. The van der Waals surface area contributed by atoms with Crippen LogP contribution in [0.1, 0.15) is 6.42 Å². The van der Waals surface area contributed by atoms with Crippen molar-refractivity contribution in [2.45, 2.75) is 6.42 Å². The molecular weight excluding hydrogens is 134 g/mol. The molecule has 1 aliphatic rings. The number of nitrogens with zero attached hydrogens (tertiary/aromatic N) is 1. The Bertz CT molecular complexity index is 155. The van der Waals surface area contributed by atoms with Gasteiger partial charge in [0, 0.05) is 12.7 Å². The van der Waals surface area contributed by atoms with E-state index >= 15 is 0 Å². The first-order valence-electron chi connectivity index (χ1n) is 3.08. The highest BCUT2D eigenvalue weighted by atomic mass is 16.5. The van der Waals surface area contributed by atoms with Gasteiger partial charge in [0.15, 0.2) is 0 Å². The second kappa shape index (κ2) is 3.10. The lowest BCUT2D eigenvalue weighted by Gasteiger charge is -2.09. The van der Waals surface area contributed by atoms with Crippen molar-refractivity contribution in [3.05, 3.63) is 12.5 Å². The van der Waals surface area contributed by atoms with Crippen LogP contribution < -0.4 is 0 Å². The highest BCUT2D eigenvalue weighted by Crippen LogP contribution is 1.99. The van der Waals surface area contributed by atoms with Crippen molar-refractivity contribution in [2.24, 2.45) is 0 Å². The third kappa shape index (κ3) is 1.65. The third-order valence-electron chi connectivity index (χ3n) is 1.24. The number of carboxylic acid groups (broad SMARTS) is 1. The molecule has 0 unspecified atom stereocenters. The van der Waals surface area contributed by atoms with Crippen LogP contribution in [-0.2, 0) is 4.74 Å². The summed E-state index contributed by atoms with van der Waals surface area (Å²) < 4.78 is 4.89. The fourth-order valence-electron chi connectivity index (χ4n) is 0.737. The van der Waals surface area contributed by atoms with Crippen LogP contribution >= 0.6 is 0 Å². The van der Waals surface area contributed by atoms with Crippen LogP contribution in [0.15, 0.2) is 12.5 Å². The third-order valence-corrected chi connectivity index (χ3v) is 1.24. The lowest BCUT2D eigenvalue weighted by Crippen LogP contribution is -2.24. The van der Waals surface area contributed by atoms with Gasteiger partial charge in [-0.25, -0.2) is 4.79 Å². The molecule has 0 aromatic heterocycles. The Labute approximate surface area is 58.7 Å². The summed E-state index contributed by atoms with van der Waals surface area (Å²) in [5.41, 5.74) is 0. The summed E-state index contributed by atoms with van der Waals surface area (Å²) in [5, 5.41) is 8.48. The minimum absolute atomic E-state index is 0.520. The molecule has 0 saturated carbocycles. The van der Waals surface area contributed by atoms with Crippen molar-refractivity contribution >= 4 is 6.09 Å². The lowest BCUT2D eigenvalue weighted by molar-refractivity contribution is 0.163. The predicted molar refractivity (Wildman–Crippen MR) is 34.4 cm³/mol. The zero-order valence-electron chi connectivity index (χ0n) is 5.49. The first-order chi connectivity index (χ1) is 4.80. The van der Waals surface area contributed by atoms with Crippen LogP contribution in [0.25, 0.3) is 0 Å². The number of amides is 1. The van der Waals surface area contributed by atoms with E-state index in [1.165, 1.54) is 17.4 Å². The number of ether oxygens (including phenoxy) is 1. The van der Waals surface area contributed by atoms with Crippen LogP contribution in [0.4, 0.5) is 4.79 Å². The van der Waals surface area contributed by atoms with Crippen molar-refractivity contribution in [2.75, 3.05) is 13.2 Å². The maximum absolute atomic E-state index is 10.3. The summed E-state index contributed by atoms with van der Waals surface area (Å²) in [4.78, 5) is 11.5. The van der Waals surface area contributed by atoms with Crippen molar-refractivity contribution in [3.8, 4) is 0 Å². The van der Waals surface area contributed by atoms with E-state index < -0.39 is 6.09 Å². The highest BCUT2D eigenvalue weighted by Gasteiger charge is 2.08. The minimum atomic E-state index is -0.929. The molecule has 0 radical (unpaired) electrons. The van der Waals surface area contributed by atoms with Crippen LogP contribution in [0, 0.1) is 0 Å². The quantitative estimate of drug-likeness (QED) is 0.547. The van der Waals surface area contributed by atoms with Gasteiger partial charge < -0.3 is 9.84 Å². The Morgan fingerprint density at radius 1 is 1.70 bits per heavy atom. The topological polar surface area (TPSA) is 49.8 Å². The second-order valence-corrected chi connectivity index (χ2v) is 1.99. The van der Waals surface area contributed by atoms with Gasteiger partial charge in [0.05, 0.1) is 12.9 Å². The maximum atomic E-state index is 10.3. The molecule has 0 aromatic rings. The fourth-order valence-corrected chi connectivity index (χ4v) is 0.737. The van der Waals surface area contributed by atoms with Gasteiger partial charge in [-0.15, -0.1) is 0 Å². The Balaban J connectivity index is 2.49. The van der Waals surface area contributed by atoms with Gasteiger partial charge in [0.25, 0.3) is 0 Å². The van der Waals surface area contributed by atoms with Crippen LogP contribution in [0.2, 0.25) is 0 Å². The Morgan fingerprint density at radius 3 is 3.20 bits per heavy atom. The molecule has 4 heteroatoms. The van der Waals surface area contributed by atoms with E-state index in [2.05, 4.69) is 0 Å². The summed E-state index contributed by atoms with van der Waals surface area (Å²) in [6, 6.07) is 0. The van der Waals surface area contributed by atoms with Gasteiger partial charge in [-0.2, -0.15) is 0 Å². The highest BCUT2D eigenvalue weighted by molar-refractivity contribution is 5.66. The molecule has 1 rings (SSSR count). The second-order valence-electron chi connectivity index (χ2n) is 1.99. The van der Waals surface area contributed by atoms with Crippen molar-refractivity contribution in [3.63, 3.8) is 0 Å². The summed E-state index contributed by atoms with van der Waals surface area (Å²) in [6.45, 7) is 1.12. The average Bonchev–Trinajstić information content (AvgIpc) is 2.12. The molecule has 0 aliphatic carbocycles. The predicted octanol–water partition coefficient (Wildman–Crippen LogP) is 0.858. The minimum Gasteiger partial charge on any atom is -0.500 e. The summed E-state index contributed by atoms with van der Waals surface area (Å²) in [5.74, 6) is 0. The molecule has 1 N–H and O–H groups in total. The maximum Gasteiger partial charge on any atom is 0.411 e. The zero-order chi connectivity index (χ0) is 7.40. The molecule has 0 saturated heterocycles. The van der Waals surface area contributed by atoms with Crippen molar-refractivity contribution in [1.29, 1.82) is 0 Å².